The quantitative estimate of drug-likeness (QED) is 0.761. The van der Waals surface area contributed by atoms with Gasteiger partial charge in [-0.2, -0.15) is 5.26 Å². The minimum Gasteiger partial charge on any atom is -0.493 e. The van der Waals surface area contributed by atoms with Crippen LogP contribution in [0.25, 0.3) is 0 Å². The van der Waals surface area contributed by atoms with E-state index in [2.05, 4.69) is 19.2 Å². The van der Waals surface area contributed by atoms with E-state index in [9.17, 15) is 4.79 Å². The van der Waals surface area contributed by atoms with Crippen LogP contribution in [0.2, 0.25) is 5.02 Å². The monoisotopic (exact) mass is 372 g/mol. The maximum absolute atomic E-state index is 12.1. The van der Waals surface area contributed by atoms with Gasteiger partial charge < -0.3 is 14.8 Å². The number of hydrogen-bond acceptors (Lipinski definition) is 4. The lowest BCUT2D eigenvalue weighted by atomic mass is 9.99. The third-order valence-corrected chi connectivity index (χ3v) is 4.36. The average molecular weight is 373 g/mol. The van der Waals surface area contributed by atoms with Crippen LogP contribution in [0, 0.1) is 11.3 Å². The molecule has 2 aromatic carbocycles. The zero-order valence-electron chi connectivity index (χ0n) is 15.0. The Morgan fingerprint density at radius 1 is 1.31 bits per heavy atom. The fourth-order valence-corrected chi connectivity index (χ4v) is 2.66. The molecule has 6 heteroatoms. The van der Waals surface area contributed by atoms with Crippen LogP contribution in [-0.4, -0.2) is 19.6 Å². The third kappa shape index (κ3) is 4.90. The summed E-state index contributed by atoms with van der Waals surface area (Å²) in [6.45, 7) is 4.07. The van der Waals surface area contributed by atoms with Gasteiger partial charge in [-0.1, -0.05) is 37.6 Å². The number of methoxy groups -OCH3 is 1. The average Bonchev–Trinajstić information content (AvgIpc) is 2.66. The zero-order chi connectivity index (χ0) is 19.1. The van der Waals surface area contributed by atoms with E-state index in [1.165, 1.54) is 24.8 Å². The molecule has 1 amide bonds. The summed E-state index contributed by atoms with van der Waals surface area (Å²) in [6, 6.07) is 12.7. The number of halogens is 1. The molecular weight excluding hydrogens is 352 g/mol. The van der Waals surface area contributed by atoms with Gasteiger partial charge in [0, 0.05) is 11.8 Å². The summed E-state index contributed by atoms with van der Waals surface area (Å²) >= 11 is 6.11. The number of amides is 1. The lowest BCUT2D eigenvalue weighted by Gasteiger charge is -2.13. The molecule has 0 aliphatic carbocycles. The van der Waals surface area contributed by atoms with Crippen molar-refractivity contribution in [1.82, 2.24) is 0 Å². The van der Waals surface area contributed by atoms with Crippen molar-refractivity contribution in [2.75, 3.05) is 19.0 Å². The number of carbonyl (C=O) groups is 1. The molecule has 0 saturated heterocycles. The summed E-state index contributed by atoms with van der Waals surface area (Å²) < 4.78 is 10.7. The maximum Gasteiger partial charge on any atom is 0.262 e. The lowest BCUT2D eigenvalue weighted by Crippen LogP contribution is -2.20. The number of nitrogens with one attached hydrogen (secondary N) is 1. The molecule has 0 bridgehead atoms. The molecule has 0 unspecified atom stereocenters. The van der Waals surface area contributed by atoms with Crippen molar-refractivity contribution in [2.45, 2.75) is 26.2 Å². The van der Waals surface area contributed by atoms with E-state index in [0.717, 1.165) is 6.42 Å². The van der Waals surface area contributed by atoms with Gasteiger partial charge in [-0.3, -0.25) is 4.79 Å². The Kier molecular flexibility index (Phi) is 6.88. The standard InChI is InChI=1S/C20H21ClN2O3/c1-4-13(2)15-5-7-16(8-6-15)23-19(24)12-26-20-17(21)9-14(11-22)10-18(20)25-3/h5-10,13H,4,12H2,1-3H3,(H,23,24)/t13-/m0/s1. The zero-order valence-corrected chi connectivity index (χ0v) is 15.8. The first kappa shape index (κ1) is 19.6. The van der Waals surface area contributed by atoms with Gasteiger partial charge in [-0.05, 0) is 36.1 Å². The predicted octanol–water partition coefficient (Wildman–Crippen LogP) is 4.75. The number of ether oxygens (including phenoxy) is 2. The minimum absolute atomic E-state index is 0.214. The predicted molar refractivity (Wildman–Crippen MR) is 102 cm³/mol. The molecule has 1 N–H and O–H groups in total. The highest BCUT2D eigenvalue weighted by atomic mass is 35.5. The summed E-state index contributed by atoms with van der Waals surface area (Å²) in [6.07, 6.45) is 1.06. The van der Waals surface area contributed by atoms with Crippen LogP contribution in [0.1, 0.15) is 37.3 Å². The highest BCUT2D eigenvalue weighted by Crippen LogP contribution is 2.36. The van der Waals surface area contributed by atoms with Gasteiger partial charge in [0.1, 0.15) is 0 Å². The number of hydrogen-bond donors (Lipinski definition) is 1. The van der Waals surface area contributed by atoms with Crippen LogP contribution >= 0.6 is 11.6 Å². The fraction of sp³-hybridized carbons (Fsp3) is 0.300. The first-order valence-electron chi connectivity index (χ1n) is 8.28. The molecule has 136 valence electrons. The van der Waals surface area contributed by atoms with Gasteiger partial charge in [0.15, 0.2) is 18.1 Å². The highest BCUT2D eigenvalue weighted by molar-refractivity contribution is 6.32. The molecule has 0 aliphatic heterocycles. The van der Waals surface area contributed by atoms with Crippen LogP contribution in [0.4, 0.5) is 5.69 Å². The van der Waals surface area contributed by atoms with Crippen molar-refractivity contribution in [1.29, 1.82) is 5.26 Å². The molecule has 0 heterocycles. The number of nitriles is 1. The van der Waals surface area contributed by atoms with Gasteiger partial charge in [0.05, 0.1) is 23.8 Å². The van der Waals surface area contributed by atoms with E-state index in [1.54, 1.807) is 0 Å². The van der Waals surface area contributed by atoms with Gasteiger partial charge in [-0.25, -0.2) is 0 Å². The maximum atomic E-state index is 12.1. The second-order valence-electron chi connectivity index (χ2n) is 5.87. The number of anilines is 1. The molecule has 0 saturated carbocycles. The molecule has 0 aromatic heterocycles. The molecule has 0 spiro atoms. The Hall–Kier alpha value is -2.71. The Labute approximate surface area is 158 Å². The fourth-order valence-electron chi connectivity index (χ4n) is 2.39. The van der Waals surface area contributed by atoms with E-state index >= 15 is 0 Å². The minimum atomic E-state index is -0.316. The molecule has 2 rings (SSSR count). The Bertz CT molecular complexity index is 813. The van der Waals surface area contributed by atoms with E-state index in [4.69, 9.17) is 26.3 Å². The molecule has 0 radical (unpaired) electrons. The van der Waals surface area contributed by atoms with Crippen LogP contribution in [0.5, 0.6) is 11.5 Å². The molecule has 5 nitrogen and oxygen atoms in total. The van der Waals surface area contributed by atoms with Gasteiger partial charge >= 0.3 is 0 Å². The number of rotatable bonds is 7. The Balaban J connectivity index is 2.00. The van der Waals surface area contributed by atoms with Crippen molar-refractivity contribution < 1.29 is 14.3 Å². The van der Waals surface area contributed by atoms with Gasteiger partial charge in [0.25, 0.3) is 5.91 Å². The van der Waals surface area contributed by atoms with Crippen molar-refractivity contribution in [3.8, 4) is 17.6 Å². The number of benzene rings is 2. The highest BCUT2D eigenvalue weighted by Gasteiger charge is 2.14. The van der Waals surface area contributed by atoms with Crippen LogP contribution in [0.15, 0.2) is 36.4 Å². The number of nitrogens with zero attached hydrogens (tertiary/aromatic N) is 1. The Morgan fingerprint density at radius 3 is 2.58 bits per heavy atom. The van der Waals surface area contributed by atoms with Gasteiger partial charge in [0.2, 0.25) is 0 Å². The van der Waals surface area contributed by atoms with E-state index in [1.807, 2.05) is 30.3 Å². The molecule has 2 aromatic rings. The molecule has 0 aliphatic rings. The summed E-state index contributed by atoms with van der Waals surface area (Å²) in [7, 11) is 1.44. The SMILES string of the molecule is CC[C@H](C)c1ccc(NC(=O)COc2c(Cl)cc(C#N)cc2OC)cc1. The smallest absolute Gasteiger partial charge is 0.262 e. The van der Waals surface area contributed by atoms with Crippen molar-refractivity contribution in [3.63, 3.8) is 0 Å². The Morgan fingerprint density at radius 2 is 2.00 bits per heavy atom. The third-order valence-electron chi connectivity index (χ3n) is 4.08. The summed E-state index contributed by atoms with van der Waals surface area (Å²) in [4.78, 5) is 12.1. The van der Waals surface area contributed by atoms with Crippen LogP contribution in [-0.2, 0) is 4.79 Å². The molecule has 1 atom stereocenters. The normalized spacial score (nSPS) is 11.3. The van der Waals surface area contributed by atoms with Crippen LogP contribution in [0.3, 0.4) is 0 Å². The number of carbonyl (C=O) groups excluding carboxylic acids is 1. The van der Waals surface area contributed by atoms with Crippen molar-refractivity contribution >= 4 is 23.2 Å². The van der Waals surface area contributed by atoms with Gasteiger partial charge in [-0.15, -0.1) is 0 Å². The summed E-state index contributed by atoms with van der Waals surface area (Å²) in [5.41, 5.74) is 2.28. The van der Waals surface area contributed by atoms with Crippen molar-refractivity contribution in [2.24, 2.45) is 0 Å². The molecule has 0 fully saturated rings. The summed E-state index contributed by atoms with van der Waals surface area (Å²) in [5.74, 6) is 0.702. The van der Waals surface area contributed by atoms with Crippen LogP contribution < -0.4 is 14.8 Å². The van der Waals surface area contributed by atoms with Crippen molar-refractivity contribution in [3.05, 3.63) is 52.5 Å². The molecule has 26 heavy (non-hydrogen) atoms. The summed E-state index contributed by atoms with van der Waals surface area (Å²) in [5, 5.41) is 11.9. The topological polar surface area (TPSA) is 71.3 Å². The largest absolute Gasteiger partial charge is 0.493 e. The van der Waals surface area contributed by atoms with E-state index < -0.39 is 0 Å². The first-order chi connectivity index (χ1) is 12.5. The lowest BCUT2D eigenvalue weighted by molar-refractivity contribution is -0.118. The second kappa shape index (κ2) is 9.12. The van der Waals surface area contributed by atoms with E-state index in [0.29, 0.717) is 22.9 Å². The molecular formula is C20H21ClN2O3. The van der Waals surface area contributed by atoms with E-state index in [-0.39, 0.29) is 23.3 Å². The second-order valence-corrected chi connectivity index (χ2v) is 6.28. The first-order valence-corrected chi connectivity index (χ1v) is 8.66.